The molecule has 0 heterocycles. The van der Waals surface area contributed by atoms with E-state index in [1.165, 1.54) is 0 Å². The van der Waals surface area contributed by atoms with Gasteiger partial charge in [-0.3, -0.25) is 10.1 Å². The number of primary amides is 1. The third kappa shape index (κ3) is 2.54. The summed E-state index contributed by atoms with van der Waals surface area (Å²) in [6, 6.07) is 5.54. The number of rotatable bonds is 4. The molecule has 86 valence electrons. The maximum Gasteiger partial charge on any atom is 0.239 e. The number of halogens is 1. The summed E-state index contributed by atoms with van der Waals surface area (Å²) < 4.78 is 0. The Morgan fingerprint density at radius 2 is 2.25 bits per heavy atom. The van der Waals surface area contributed by atoms with E-state index in [0.29, 0.717) is 11.1 Å². The summed E-state index contributed by atoms with van der Waals surface area (Å²) in [5.41, 5.74) is 7.33. The van der Waals surface area contributed by atoms with Crippen LogP contribution in [0.2, 0.25) is 5.02 Å². The molecule has 1 aliphatic carbocycles. The first-order valence-electron chi connectivity index (χ1n) is 5.39. The summed E-state index contributed by atoms with van der Waals surface area (Å²) >= 11 is 5.88. The van der Waals surface area contributed by atoms with Crippen molar-refractivity contribution in [1.82, 2.24) is 5.32 Å². The summed E-state index contributed by atoms with van der Waals surface area (Å²) in [5, 5.41) is 3.93. The molecule has 0 spiro atoms. The predicted octanol–water partition coefficient (Wildman–Crippen LogP) is 1.93. The molecule has 0 radical (unpaired) electrons. The van der Waals surface area contributed by atoms with Crippen LogP contribution < -0.4 is 11.1 Å². The minimum atomic E-state index is -0.398. The van der Waals surface area contributed by atoms with Gasteiger partial charge >= 0.3 is 0 Å². The van der Waals surface area contributed by atoms with Gasteiger partial charge in [-0.1, -0.05) is 17.7 Å². The molecule has 1 aromatic rings. The fourth-order valence-electron chi connectivity index (χ4n) is 1.77. The van der Waals surface area contributed by atoms with E-state index in [0.717, 1.165) is 24.0 Å². The number of nitrogens with two attached hydrogens (primary N) is 1. The number of carbonyl (C=O) groups is 1. The highest BCUT2D eigenvalue weighted by Crippen LogP contribution is 2.26. The number of hydrogen-bond donors (Lipinski definition) is 2. The highest BCUT2D eigenvalue weighted by Gasteiger charge is 2.28. The summed E-state index contributed by atoms with van der Waals surface area (Å²) in [4.78, 5) is 11.4. The van der Waals surface area contributed by atoms with Gasteiger partial charge in [-0.25, -0.2) is 0 Å². The lowest BCUT2D eigenvalue weighted by Gasteiger charge is -2.17. The average Bonchev–Trinajstić information content (AvgIpc) is 2.98. The molecule has 0 aliphatic heterocycles. The van der Waals surface area contributed by atoms with Gasteiger partial charge in [-0.05, 0) is 43.0 Å². The van der Waals surface area contributed by atoms with Crippen molar-refractivity contribution in [2.45, 2.75) is 31.8 Å². The smallest absolute Gasteiger partial charge is 0.239 e. The summed E-state index contributed by atoms with van der Waals surface area (Å²) in [5.74, 6) is -0.336. The van der Waals surface area contributed by atoms with Crippen LogP contribution in [0.1, 0.15) is 30.0 Å². The Morgan fingerprint density at radius 1 is 1.56 bits per heavy atom. The van der Waals surface area contributed by atoms with Crippen molar-refractivity contribution in [1.29, 1.82) is 0 Å². The largest absolute Gasteiger partial charge is 0.368 e. The van der Waals surface area contributed by atoms with Gasteiger partial charge in [0.15, 0.2) is 0 Å². The Labute approximate surface area is 100.0 Å². The number of carbonyl (C=O) groups excluding carboxylic acids is 1. The second kappa shape index (κ2) is 4.44. The molecule has 1 aromatic carbocycles. The zero-order valence-corrected chi connectivity index (χ0v) is 9.92. The molecule has 3 nitrogen and oxygen atoms in total. The molecule has 4 heteroatoms. The van der Waals surface area contributed by atoms with Crippen LogP contribution >= 0.6 is 11.6 Å². The minimum Gasteiger partial charge on any atom is -0.368 e. The monoisotopic (exact) mass is 238 g/mol. The molecule has 1 saturated carbocycles. The topological polar surface area (TPSA) is 55.1 Å². The molecule has 1 atom stereocenters. The van der Waals surface area contributed by atoms with Crippen molar-refractivity contribution in [3.05, 3.63) is 34.3 Å². The molecule has 0 bridgehead atoms. The van der Waals surface area contributed by atoms with Crippen LogP contribution in [-0.4, -0.2) is 11.9 Å². The van der Waals surface area contributed by atoms with Crippen LogP contribution in [0.4, 0.5) is 0 Å². The molecule has 2 rings (SSSR count). The third-order valence-corrected chi connectivity index (χ3v) is 3.04. The SMILES string of the molecule is Cc1cc(Cl)ccc1C(NC1CC1)C(N)=O. The van der Waals surface area contributed by atoms with Gasteiger partial charge in [0.1, 0.15) is 6.04 Å². The van der Waals surface area contributed by atoms with Gasteiger partial charge in [0.25, 0.3) is 0 Å². The van der Waals surface area contributed by atoms with Crippen LogP contribution in [-0.2, 0) is 4.79 Å². The molecular formula is C12H15ClN2O. The lowest BCUT2D eigenvalue weighted by molar-refractivity contribution is -0.120. The summed E-state index contributed by atoms with van der Waals surface area (Å²) in [7, 11) is 0. The predicted molar refractivity (Wildman–Crippen MR) is 64.3 cm³/mol. The van der Waals surface area contributed by atoms with Crippen molar-refractivity contribution in [3.63, 3.8) is 0 Å². The first kappa shape index (κ1) is 11.4. The van der Waals surface area contributed by atoms with Gasteiger partial charge in [0.2, 0.25) is 5.91 Å². The Kier molecular flexibility index (Phi) is 3.17. The molecular weight excluding hydrogens is 224 g/mol. The second-order valence-electron chi connectivity index (χ2n) is 4.28. The maximum absolute atomic E-state index is 11.4. The van der Waals surface area contributed by atoms with E-state index in [-0.39, 0.29) is 5.91 Å². The maximum atomic E-state index is 11.4. The molecule has 1 fully saturated rings. The Balaban J connectivity index is 2.26. The molecule has 0 aromatic heterocycles. The van der Waals surface area contributed by atoms with Crippen molar-refractivity contribution in [2.75, 3.05) is 0 Å². The van der Waals surface area contributed by atoms with E-state index in [2.05, 4.69) is 5.32 Å². The van der Waals surface area contributed by atoms with Gasteiger partial charge in [-0.2, -0.15) is 0 Å². The van der Waals surface area contributed by atoms with E-state index >= 15 is 0 Å². The van der Waals surface area contributed by atoms with E-state index in [4.69, 9.17) is 17.3 Å². The van der Waals surface area contributed by atoms with E-state index < -0.39 is 6.04 Å². The zero-order chi connectivity index (χ0) is 11.7. The number of hydrogen-bond acceptors (Lipinski definition) is 2. The van der Waals surface area contributed by atoms with Gasteiger partial charge in [0.05, 0.1) is 0 Å². The van der Waals surface area contributed by atoms with Crippen molar-refractivity contribution in [2.24, 2.45) is 5.73 Å². The number of amides is 1. The quantitative estimate of drug-likeness (QED) is 0.842. The molecule has 3 N–H and O–H groups in total. The molecule has 16 heavy (non-hydrogen) atoms. The lowest BCUT2D eigenvalue weighted by atomic mass is 10.0. The Bertz CT molecular complexity index is 415. The highest BCUT2D eigenvalue weighted by atomic mass is 35.5. The zero-order valence-electron chi connectivity index (χ0n) is 9.16. The van der Waals surface area contributed by atoms with Crippen molar-refractivity contribution < 1.29 is 4.79 Å². The lowest BCUT2D eigenvalue weighted by Crippen LogP contribution is -2.35. The Morgan fingerprint density at radius 3 is 2.75 bits per heavy atom. The first-order valence-corrected chi connectivity index (χ1v) is 5.77. The van der Waals surface area contributed by atoms with Crippen LogP contribution in [0.15, 0.2) is 18.2 Å². The molecule has 1 unspecified atom stereocenters. The second-order valence-corrected chi connectivity index (χ2v) is 4.71. The van der Waals surface area contributed by atoms with Gasteiger partial charge < -0.3 is 5.73 Å². The van der Waals surface area contributed by atoms with E-state index in [1.54, 1.807) is 6.07 Å². The van der Waals surface area contributed by atoms with Crippen molar-refractivity contribution >= 4 is 17.5 Å². The average molecular weight is 239 g/mol. The number of aryl methyl sites for hydroxylation is 1. The standard InChI is InChI=1S/C12H15ClN2O/c1-7-6-8(13)2-5-10(7)11(12(14)16)15-9-3-4-9/h2,5-6,9,11,15H,3-4H2,1H3,(H2,14,16). The van der Waals surface area contributed by atoms with Gasteiger partial charge in [-0.15, -0.1) is 0 Å². The highest BCUT2D eigenvalue weighted by molar-refractivity contribution is 6.30. The number of benzene rings is 1. The molecule has 0 saturated heterocycles. The van der Waals surface area contributed by atoms with Crippen LogP contribution in [0, 0.1) is 6.92 Å². The van der Waals surface area contributed by atoms with Crippen molar-refractivity contribution in [3.8, 4) is 0 Å². The molecule has 1 amide bonds. The number of nitrogens with one attached hydrogen (secondary N) is 1. The van der Waals surface area contributed by atoms with Crippen LogP contribution in [0.5, 0.6) is 0 Å². The normalized spacial score (nSPS) is 17.1. The fourth-order valence-corrected chi connectivity index (χ4v) is 2.00. The van der Waals surface area contributed by atoms with E-state index in [1.807, 2.05) is 19.1 Å². The fraction of sp³-hybridized carbons (Fsp3) is 0.417. The third-order valence-electron chi connectivity index (χ3n) is 2.81. The minimum absolute atomic E-state index is 0.336. The van der Waals surface area contributed by atoms with Gasteiger partial charge in [0, 0.05) is 11.1 Å². The van der Waals surface area contributed by atoms with Crippen LogP contribution in [0.25, 0.3) is 0 Å². The summed E-state index contributed by atoms with van der Waals surface area (Å²) in [6.07, 6.45) is 2.24. The van der Waals surface area contributed by atoms with Crippen LogP contribution in [0.3, 0.4) is 0 Å². The molecule has 1 aliphatic rings. The first-order chi connectivity index (χ1) is 7.58. The Hall–Kier alpha value is -1.06. The summed E-state index contributed by atoms with van der Waals surface area (Å²) in [6.45, 7) is 1.94. The van der Waals surface area contributed by atoms with E-state index in [9.17, 15) is 4.79 Å².